The van der Waals surface area contributed by atoms with Crippen LogP contribution < -0.4 is 11.1 Å². The lowest BCUT2D eigenvalue weighted by Gasteiger charge is -2.11. The Morgan fingerprint density at radius 3 is 2.55 bits per heavy atom. The highest BCUT2D eigenvalue weighted by molar-refractivity contribution is 7.80. The average molecular weight is 309 g/mol. The van der Waals surface area contributed by atoms with Crippen LogP contribution in [-0.4, -0.2) is 10.9 Å². The van der Waals surface area contributed by atoms with Crippen LogP contribution in [0, 0.1) is 5.82 Å². The van der Waals surface area contributed by atoms with E-state index in [0.29, 0.717) is 11.3 Å². The molecule has 0 unspecified atom stereocenters. The van der Waals surface area contributed by atoms with Gasteiger partial charge in [0, 0.05) is 5.56 Å². The molecule has 0 spiro atoms. The van der Waals surface area contributed by atoms with E-state index in [1.54, 1.807) is 24.3 Å². The third kappa shape index (κ3) is 2.95. The van der Waals surface area contributed by atoms with Crippen molar-refractivity contribution in [3.05, 3.63) is 64.4 Å². The standard InChI is InChI=1S/C14H10ClFN2OS/c15-9-5-3-6-10(16)12(9)14(19)18-11-7-2-1-4-8(11)13(17)20/h1-7H,(H2,17,20)(H,18,19). The molecule has 0 heterocycles. The van der Waals surface area contributed by atoms with Crippen LogP contribution >= 0.6 is 23.8 Å². The van der Waals surface area contributed by atoms with Crippen LogP contribution in [0.15, 0.2) is 42.5 Å². The van der Waals surface area contributed by atoms with Crippen molar-refractivity contribution >= 4 is 40.4 Å². The third-order valence-electron chi connectivity index (χ3n) is 2.63. The van der Waals surface area contributed by atoms with Crippen molar-refractivity contribution in [2.45, 2.75) is 0 Å². The Labute approximate surface area is 125 Å². The van der Waals surface area contributed by atoms with E-state index in [1.807, 2.05) is 0 Å². The normalized spacial score (nSPS) is 10.1. The Hall–Kier alpha value is -1.98. The average Bonchev–Trinajstić information content (AvgIpc) is 2.38. The topological polar surface area (TPSA) is 55.1 Å². The fourth-order valence-corrected chi connectivity index (χ4v) is 2.13. The predicted molar refractivity (Wildman–Crippen MR) is 81.7 cm³/mol. The van der Waals surface area contributed by atoms with E-state index >= 15 is 0 Å². The molecular weight excluding hydrogens is 299 g/mol. The van der Waals surface area contributed by atoms with Crippen molar-refractivity contribution in [3.63, 3.8) is 0 Å². The number of nitrogens with two attached hydrogens (primary N) is 1. The number of anilines is 1. The van der Waals surface area contributed by atoms with E-state index in [9.17, 15) is 9.18 Å². The smallest absolute Gasteiger partial charge is 0.260 e. The first-order valence-corrected chi connectivity index (χ1v) is 6.43. The van der Waals surface area contributed by atoms with E-state index in [4.69, 9.17) is 29.6 Å². The molecular formula is C14H10ClFN2OS. The molecule has 6 heteroatoms. The maximum atomic E-state index is 13.7. The summed E-state index contributed by atoms with van der Waals surface area (Å²) < 4.78 is 13.7. The van der Waals surface area contributed by atoms with E-state index in [2.05, 4.69) is 5.32 Å². The number of para-hydroxylation sites is 1. The lowest BCUT2D eigenvalue weighted by Crippen LogP contribution is -2.18. The summed E-state index contributed by atoms with van der Waals surface area (Å²) in [5, 5.41) is 2.60. The lowest BCUT2D eigenvalue weighted by atomic mass is 10.1. The van der Waals surface area contributed by atoms with Crippen LogP contribution in [0.3, 0.4) is 0 Å². The summed E-state index contributed by atoms with van der Waals surface area (Å²) >= 11 is 10.7. The van der Waals surface area contributed by atoms with Gasteiger partial charge in [0.2, 0.25) is 0 Å². The lowest BCUT2D eigenvalue weighted by molar-refractivity contribution is 0.102. The van der Waals surface area contributed by atoms with Crippen molar-refractivity contribution in [3.8, 4) is 0 Å². The number of hydrogen-bond donors (Lipinski definition) is 2. The molecule has 3 N–H and O–H groups in total. The summed E-state index contributed by atoms with van der Waals surface area (Å²) in [7, 11) is 0. The minimum atomic E-state index is -0.692. The Morgan fingerprint density at radius 2 is 1.90 bits per heavy atom. The van der Waals surface area contributed by atoms with Gasteiger partial charge in [-0.2, -0.15) is 0 Å². The number of hydrogen-bond acceptors (Lipinski definition) is 2. The largest absolute Gasteiger partial charge is 0.389 e. The van der Waals surface area contributed by atoms with Gasteiger partial charge in [-0.1, -0.05) is 42.0 Å². The minimum Gasteiger partial charge on any atom is -0.389 e. The zero-order chi connectivity index (χ0) is 14.7. The molecule has 1 amide bonds. The van der Waals surface area contributed by atoms with Crippen LogP contribution in [0.2, 0.25) is 5.02 Å². The Bertz CT molecular complexity index is 670. The quantitative estimate of drug-likeness (QED) is 0.855. The Kier molecular flexibility index (Phi) is 4.32. The van der Waals surface area contributed by atoms with Crippen LogP contribution in [0.25, 0.3) is 0 Å². The molecule has 0 saturated carbocycles. The highest BCUT2D eigenvalue weighted by atomic mass is 35.5. The van der Waals surface area contributed by atoms with Crippen molar-refractivity contribution < 1.29 is 9.18 Å². The first-order chi connectivity index (χ1) is 9.50. The summed E-state index contributed by atoms with van der Waals surface area (Å²) in [6.45, 7) is 0. The van der Waals surface area contributed by atoms with Gasteiger partial charge in [0.15, 0.2) is 0 Å². The first kappa shape index (κ1) is 14.4. The molecule has 2 rings (SSSR count). The summed E-state index contributed by atoms with van der Waals surface area (Å²) in [5.74, 6) is -1.35. The first-order valence-electron chi connectivity index (χ1n) is 5.65. The molecule has 0 atom stereocenters. The second-order valence-electron chi connectivity index (χ2n) is 3.96. The molecule has 0 aromatic heterocycles. The highest BCUT2D eigenvalue weighted by Gasteiger charge is 2.17. The number of rotatable bonds is 3. The van der Waals surface area contributed by atoms with Crippen molar-refractivity contribution in [1.29, 1.82) is 0 Å². The SMILES string of the molecule is NC(=S)c1ccccc1NC(=O)c1c(F)cccc1Cl. The zero-order valence-electron chi connectivity index (χ0n) is 10.2. The summed E-state index contributed by atoms with van der Waals surface area (Å²) in [4.78, 5) is 12.3. The maximum absolute atomic E-state index is 13.7. The molecule has 102 valence electrons. The van der Waals surface area contributed by atoms with Gasteiger partial charge < -0.3 is 11.1 Å². The van der Waals surface area contributed by atoms with Gasteiger partial charge in [0.05, 0.1) is 16.3 Å². The molecule has 0 fully saturated rings. The number of thiocarbonyl (C=S) groups is 1. The summed E-state index contributed by atoms with van der Waals surface area (Å²) in [5.41, 5.74) is 6.26. The number of benzene rings is 2. The Balaban J connectivity index is 2.36. The number of carbonyl (C=O) groups excluding carboxylic acids is 1. The molecule has 0 aliphatic heterocycles. The molecule has 0 aliphatic rings. The van der Waals surface area contributed by atoms with Crippen LogP contribution in [0.5, 0.6) is 0 Å². The van der Waals surface area contributed by atoms with Crippen molar-refractivity contribution in [1.82, 2.24) is 0 Å². The minimum absolute atomic E-state index is 0.0373. The zero-order valence-corrected chi connectivity index (χ0v) is 11.8. The molecule has 0 bridgehead atoms. The summed E-state index contributed by atoms with van der Waals surface area (Å²) in [6, 6.07) is 10.8. The van der Waals surface area contributed by atoms with Crippen LogP contribution in [0.4, 0.5) is 10.1 Å². The molecule has 0 aliphatic carbocycles. The number of carbonyl (C=O) groups is 1. The van der Waals surface area contributed by atoms with Crippen molar-refractivity contribution in [2.24, 2.45) is 5.73 Å². The number of amides is 1. The third-order valence-corrected chi connectivity index (χ3v) is 3.17. The van der Waals surface area contributed by atoms with Crippen LogP contribution in [0.1, 0.15) is 15.9 Å². The molecule has 0 saturated heterocycles. The van der Waals surface area contributed by atoms with E-state index in [1.165, 1.54) is 18.2 Å². The number of halogens is 2. The van der Waals surface area contributed by atoms with E-state index in [0.717, 1.165) is 0 Å². The van der Waals surface area contributed by atoms with Gasteiger partial charge in [0.25, 0.3) is 5.91 Å². The van der Waals surface area contributed by atoms with E-state index in [-0.39, 0.29) is 15.6 Å². The van der Waals surface area contributed by atoms with Gasteiger partial charge in [-0.05, 0) is 24.3 Å². The maximum Gasteiger partial charge on any atom is 0.260 e. The fourth-order valence-electron chi connectivity index (χ4n) is 1.71. The molecule has 2 aromatic rings. The Morgan fingerprint density at radius 1 is 1.20 bits per heavy atom. The number of nitrogens with one attached hydrogen (secondary N) is 1. The second kappa shape index (κ2) is 5.98. The van der Waals surface area contributed by atoms with Crippen LogP contribution in [-0.2, 0) is 0 Å². The fraction of sp³-hybridized carbons (Fsp3) is 0. The summed E-state index contributed by atoms with van der Waals surface area (Å²) in [6.07, 6.45) is 0. The molecule has 0 radical (unpaired) electrons. The van der Waals surface area contributed by atoms with Gasteiger partial charge in [-0.15, -0.1) is 0 Å². The van der Waals surface area contributed by atoms with E-state index < -0.39 is 11.7 Å². The molecule has 3 nitrogen and oxygen atoms in total. The van der Waals surface area contributed by atoms with Gasteiger partial charge in [-0.3, -0.25) is 4.79 Å². The molecule has 2 aromatic carbocycles. The predicted octanol–water partition coefficient (Wildman–Crippen LogP) is 3.37. The molecule has 20 heavy (non-hydrogen) atoms. The second-order valence-corrected chi connectivity index (χ2v) is 4.81. The van der Waals surface area contributed by atoms with Gasteiger partial charge in [0.1, 0.15) is 10.8 Å². The highest BCUT2D eigenvalue weighted by Crippen LogP contribution is 2.22. The van der Waals surface area contributed by atoms with Gasteiger partial charge >= 0.3 is 0 Å². The van der Waals surface area contributed by atoms with Gasteiger partial charge in [-0.25, -0.2) is 4.39 Å². The van der Waals surface area contributed by atoms with Crippen molar-refractivity contribution in [2.75, 3.05) is 5.32 Å². The monoisotopic (exact) mass is 308 g/mol.